The van der Waals surface area contributed by atoms with Gasteiger partial charge >= 0.3 is 6.03 Å². The van der Waals surface area contributed by atoms with Gasteiger partial charge < -0.3 is 10.6 Å². The van der Waals surface area contributed by atoms with Gasteiger partial charge in [-0.05, 0) is 30.7 Å². The lowest BCUT2D eigenvalue weighted by molar-refractivity contribution is -0.125. The molecule has 0 spiro atoms. The van der Waals surface area contributed by atoms with Crippen molar-refractivity contribution in [2.75, 3.05) is 6.54 Å². The number of hydrogen-bond acceptors (Lipinski definition) is 3. The highest BCUT2D eigenvalue weighted by atomic mass is 19.1. The van der Waals surface area contributed by atoms with Crippen LogP contribution in [-0.4, -0.2) is 29.3 Å². The summed E-state index contributed by atoms with van der Waals surface area (Å²) in [6.07, 6.45) is 0. The van der Waals surface area contributed by atoms with Crippen LogP contribution in [0.5, 0.6) is 0 Å². The predicted octanol–water partition coefficient (Wildman–Crippen LogP) is 2.51. The molecule has 0 radical (unpaired) electrons. The number of nitrogens with zero attached hydrogens (tertiary/aromatic N) is 1. The second-order valence-corrected chi connectivity index (χ2v) is 6.20. The highest BCUT2D eigenvalue weighted by molar-refractivity contribution is 6.02. The first kappa shape index (κ1) is 18.5. The summed E-state index contributed by atoms with van der Waals surface area (Å²) in [6, 6.07) is 8.47. The zero-order valence-electron chi connectivity index (χ0n) is 14.5. The first-order valence-corrected chi connectivity index (χ1v) is 8.28. The normalized spacial score (nSPS) is 14.9. The van der Waals surface area contributed by atoms with Crippen LogP contribution >= 0.6 is 0 Å². The van der Waals surface area contributed by atoms with Crippen molar-refractivity contribution in [3.05, 3.63) is 70.8 Å². The van der Waals surface area contributed by atoms with Crippen LogP contribution in [0.1, 0.15) is 34.5 Å². The number of amides is 4. The van der Waals surface area contributed by atoms with Gasteiger partial charge in [-0.15, -0.1) is 0 Å². The standard InChI is InChI=1S/C19H17F2N3O3/c1-11(15-6-5-14(20)8-16(15)21)23-18(26)13-4-2-3-12(7-13)10-24-17(25)9-22-19(24)27/h2-8,11H,9-10H2,1H3,(H,22,27)(H,23,26)/t11-/m1/s1. The number of hydrogen-bond donors (Lipinski definition) is 2. The van der Waals surface area contributed by atoms with Crippen LogP contribution in [0, 0.1) is 11.6 Å². The van der Waals surface area contributed by atoms with E-state index in [0.717, 1.165) is 17.0 Å². The SMILES string of the molecule is C[C@@H](NC(=O)c1cccc(CN2C(=O)CNC2=O)c1)c1ccc(F)cc1F. The monoisotopic (exact) mass is 373 g/mol. The maximum absolute atomic E-state index is 13.9. The molecule has 6 nitrogen and oxygen atoms in total. The topological polar surface area (TPSA) is 78.5 Å². The molecule has 2 aromatic carbocycles. The fourth-order valence-electron chi connectivity index (χ4n) is 2.82. The van der Waals surface area contributed by atoms with Crippen LogP contribution in [0.4, 0.5) is 13.6 Å². The number of carbonyl (C=O) groups excluding carboxylic acids is 3. The van der Waals surface area contributed by atoms with E-state index in [1.807, 2.05) is 0 Å². The van der Waals surface area contributed by atoms with Gasteiger partial charge in [0.05, 0.1) is 19.1 Å². The van der Waals surface area contributed by atoms with Crippen molar-refractivity contribution >= 4 is 17.8 Å². The molecule has 2 aromatic rings. The van der Waals surface area contributed by atoms with E-state index >= 15 is 0 Å². The van der Waals surface area contributed by atoms with Crippen LogP contribution in [0.15, 0.2) is 42.5 Å². The Labute approximate surface area is 154 Å². The Morgan fingerprint density at radius 1 is 1.22 bits per heavy atom. The number of benzene rings is 2. The van der Waals surface area contributed by atoms with E-state index in [0.29, 0.717) is 11.1 Å². The maximum Gasteiger partial charge on any atom is 0.324 e. The zero-order chi connectivity index (χ0) is 19.6. The molecular weight excluding hydrogens is 356 g/mol. The molecule has 0 aliphatic carbocycles. The van der Waals surface area contributed by atoms with Crippen LogP contribution in [0.3, 0.4) is 0 Å². The molecule has 140 valence electrons. The average Bonchev–Trinajstić information content (AvgIpc) is 2.93. The minimum absolute atomic E-state index is 0.0419. The quantitative estimate of drug-likeness (QED) is 0.791. The summed E-state index contributed by atoms with van der Waals surface area (Å²) in [7, 11) is 0. The molecule has 4 amide bonds. The summed E-state index contributed by atoms with van der Waals surface area (Å²) >= 11 is 0. The summed E-state index contributed by atoms with van der Waals surface area (Å²) in [5.41, 5.74) is 1.07. The van der Waals surface area contributed by atoms with Gasteiger partial charge in [0.15, 0.2) is 0 Å². The third kappa shape index (κ3) is 4.11. The maximum atomic E-state index is 13.9. The Kier molecular flexibility index (Phi) is 5.16. The van der Waals surface area contributed by atoms with Gasteiger partial charge in [0.25, 0.3) is 5.91 Å². The van der Waals surface area contributed by atoms with E-state index < -0.39 is 29.6 Å². The predicted molar refractivity (Wildman–Crippen MR) is 92.6 cm³/mol. The molecule has 27 heavy (non-hydrogen) atoms. The molecule has 1 fully saturated rings. The molecule has 0 unspecified atom stereocenters. The Hall–Kier alpha value is -3.29. The van der Waals surface area contributed by atoms with E-state index in [-0.39, 0.29) is 24.6 Å². The molecule has 1 aliphatic heterocycles. The Morgan fingerprint density at radius 2 is 2.00 bits per heavy atom. The minimum Gasteiger partial charge on any atom is -0.345 e. The van der Waals surface area contributed by atoms with Crippen molar-refractivity contribution in [1.29, 1.82) is 0 Å². The molecule has 8 heteroatoms. The summed E-state index contributed by atoms with van der Waals surface area (Å²) in [6.45, 7) is 1.60. The van der Waals surface area contributed by atoms with Crippen molar-refractivity contribution in [1.82, 2.24) is 15.5 Å². The van der Waals surface area contributed by atoms with Crippen molar-refractivity contribution in [2.45, 2.75) is 19.5 Å². The van der Waals surface area contributed by atoms with Crippen LogP contribution in [-0.2, 0) is 11.3 Å². The lowest BCUT2D eigenvalue weighted by atomic mass is 10.1. The third-order valence-corrected chi connectivity index (χ3v) is 4.24. The highest BCUT2D eigenvalue weighted by Gasteiger charge is 2.28. The number of nitrogens with one attached hydrogen (secondary N) is 2. The fourth-order valence-corrected chi connectivity index (χ4v) is 2.82. The van der Waals surface area contributed by atoms with Crippen molar-refractivity contribution in [3.8, 4) is 0 Å². The average molecular weight is 373 g/mol. The largest absolute Gasteiger partial charge is 0.345 e. The first-order chi connectivity index (χ1) is 12.8. The van der Waals surface area contributed by atoms with Gasteiger partial charge in [0, 0.05) is 17.2 Å². The van der Waals surface area contributed by atoms with Gasteiger partial charge in [0.1, 0.15) is 11.6 Å². The minimum atomic E-state index is -0.741. The Morgan fingerprint density at radius 3 is 2.67 bits per heavy atom. The summed E-state index contributed by atoms with van der Waals surface area (Å²) < 4.78 is 26.9. The molecule has 0 saturated carbocycles. The molecule has 2 N–H and O–H groups in total. The Balaban J connectivity index is 1.71. The lowest BCUT2D eigenvalue weighted by Crippen LogP contribution is -2.30. The van der Waals surface area contributed by atoms with E-state index in [2.05, 4.69) is 10.6 Å². The molecule has 1 saturated heterocycles. The number of halogens is 2. The van der Waals surface area contributed by atoms with Gasteiger partial charge in [-0.25, -0.2) is 13.6 Å². The van der Waals surface area contributed by atoms with Crippen LogP contribution in [0.25, 0.3) is 0 Å². The fraction of sp³-hybridized carbons (Fsp3) is 0.211. The molecule has 3 rings (SSSR count). The van der Waals surface area contributed by atoms with Crippen molar-refractivity contribution in [2.24, 2.45) is 0 Å². The molecule has 0 bridgehead atoms. The first-order valence-electron chi connectivity index (χ1n) is 8.28. The molecular formula is C19H17F2N3O3. The lowest BCUT2D eigenvalue weighted by Gasteiger charge is -2.16. The molecule has 1 atom stereocenters. The van der Waals surface area contributed by atoms with Gasteiger partial charge in [0.2, 0.25) is 5.91 Å². The smallest absolute Gasteiger partial charge is 0.324 e. The van der Waals surface area contributed by atoms with Gasteiger partial charge in [-0.1, -0.05) is 18.2 Å². The van der Waals surface area contributed by atoms with Crippen molar-refractivity contribution in [3.63, 3.8) is 0 Å². The van der Waals surface area contributed by atoms with Gasteiger partial charge in [-0.2, -0.15) is 0 Å². The van der Waals surface area contributed by atoms with E-state index in [9.17, 15) is 23.2 Å². The summed E-state index contributed by atoms with van der Waals surface area (Å²) in [4.78, 5) is 36.8. The number of carbonyl (C=O) groups is 3. The van der Waals surface area contributed by atoms with Crippen LogP contribution < -0.4 is 10.6 Å². The molecule has 1 heterocycles. The van der Waals surface area contributed by atoms with Crippen molar-refractivity contribution < 1.29 is 23.2 Å². The Bertz CT molecular complexity index is 901. The molecule has 1 aliphatic rings. The van der Waals surface area contributed by atoms with E-state index in [4.69, 9.17) is 0 Å². The summed E-state index contributed by atoms with van der Waals surface area (Å²) in [5.74, 6) is -2.22. The number of rotatable bonds is 5. The third-order valence-electron chi connectivity index (χ3n) is 4.24. The van der Waals surface area contributed by atoms with Gasteiger partial charge in [-0.3, -0.25) is 14.5 Å². The number of urea groups is 1. The second kappa shape index (κ2) is 7.53. The van der Waals surface area contributed by atoms with E-state index in [1.165, 1.54) is 6.07 Å². The second-order valence-electron chi connectivity index (χ2n) is 6.20. The van der Waals surface area contributed by atoms with Crippen LogP contribution in [0.2, 0.25) is 0 Å². The summed E-state index contributed by atoms with van der Waals surface area (Å²) in [5, 5.41) is 5.08. The number of imide groups is 1. The van der Waals surface area contributed by atoms with E-state index in [1.54, 1.807) is 31.2 Å². The molecule has 0 aromatic heterocycles. The zero-order valence-corrected chi connectivity index (χ0v) is 14.5. The highest BCUT2D eigenvalue weighted by Crippen LogP contribution is 2.19.